The molecule has 3 aliphatic rings. The molecule has 3 rings (SSSR count). The fraction of sp³-hybridized carbons (Fsp3) is 0.938. The summed E-state index contributed by atoms with van der Waals surface area (Å²) in [5, 5.41) is 3.54. The zero-order chi connectivity index (χ0) is 13.6. The fourth-order valence-electron chi connectivity index (χ4n) is 3.71. The van der Waals surface area contributed by atoms with Crippen molar-refractivity contribution in [2.24, 2.45) is 23.7 Å². The first-order valence-corrected chi connectivity index (χ1v) is 8.18. The minimum absolute atomic E-state index is 0.0615. The molecule has 2 saturated carbocycles. The molecule has 0 bridgehead atoms. The Bertz CT molecular complexity index is 335. The first-order valence-electron chi connectivity index (χ1n) is 8.18. The van der Waals surface area contributed by atoms with Crippen LogP contribution in [0.2, 0.25) is 0 Å². The van der Waals surface area contributed by atoms with Crippen molar-refractivity contribution in [3.8, 4) is 0 Å². The van der Waals surface area contributed by atoms with Crippen LogP contribution in [0.15, 0.2) is 0 Å². The molecule has 0 aromatic carbocycles. The van der Waals surface area contributed by atoms with E-state index in [9.17, 15) is 4.79 Å². The smallest absolute Gasteiger partial charge is 0.241 e. The first kappa shape index (κ1) is 13.4. The molecule has 3 fully saturated rings. The van der Waals surface area contributed by atoms with E-state index in [2.05, 4.69) is 31.0 Å². The van der Waals surface area contributed by atoms with E-state index in [0.717, 1.165) is 30.7 Å². The van der Waals surface area contributed by atoms with Crippen LogP contribution in [0.4, 0.5) is 0 Å². The van der Waals surface area contributed by atoms with Crippen LogP contribution in [0.25, 0.3) is 0 Å². The number of nitrogens with one attached hydrogen (secondary N) is 1. The molecule has 1 heterocycles. The van der Waals surface area contributed by atoms with Crippen LogP contribution in [-0.4, -0.2) is 29.6 Å². The third kappa shape index (κ3) is 2.67. The summed E-state index contributed by atoms with van der Waals surface area (Å²) in [7, 11) is 0. The van der Waals surface area contributed by atoms with Gasteiger partial charge in [-0.05, 0) is 55.8 Å². The van der Waals surface area contributed by atoms with Gasteiger partial charge in [0.25, 0.3) is 0 Å². The summed E-state index contributed by atoms with van der Waals surface area (Å²) in [6.07, 6.45) is 6.79. The highest BCUT2D eigenvalue weighted by Crippen LogP contribution is 2.49. The molecule has 108 valence electrons. The van der Waals surface area contributed by atoms with Crippen LogP contribution < -0.4 is 5.32 Å². The Morgan fingerprint density at radius 2 is 1.79 bits per heavy atom. The van der Waals surface area contributed by atoms with Gasteiger partial charge in [0.2, 0.25) is 5.91 Å². The van der Waals surface area contributed by atoms with E-state index in [0.29, 0.717) is 11.8 Å². The van der Waals surface area contributed by atoms with Crippen LogP contribution in [0.1, 0.15) is 52.9 Å². The molecule has 19 heavy (non-hydrogen) atoms. The predicted molar refractivity (Wildman–Crippen MR) is 76.5 cm³/mol. The van der Waals surface area contributed by atoms with Gasteiger partial charge < -0.3 is 4.90 Å². The van der Waals surface area contributed by atoms with Crippen molar-refractivity contribution in [1.29, 1.82) is 0 Å². The highest BCUT2D eigenvalue weighted by molar-refractivity contribution is 5.84. The van der Waals surface area contributed by atoms with Gasteiger partial charge in [-0.3, -0.25) is 10.1 Å². The summed E-state index contributed by atoms with van der Waals surface area (Å²) in [5.74, 6) is 3.50. The second-order valence-electron chi connectivity index (χ2n) is 7.15. The summed E-state index contributed by atoms with van der Waals surface area (Å²) in [4.78, 5) is 14.7. The number of carbonyl (C=O) groups is 1. The minimum atomic E-state index is 0.0615. The van der Waals surface area contributed by atoms with Gasteiger partial charge >= 0.3 is 0 Å². The summed E-state index contributed by atoms with van der Waals surface area (Å²) in [5.41, 5.74) is 0. The molecule has 2 atom stereocenters. The SMILES string of the molecule is CCC1NC(C(C)C)N(CC(C2CC2)C2CC2)C1=O. The Kier molecular flexibility index (Phi) is 3.59. The van der Waals surface area contributed by atoms with Gasteiger partial charge in [0.05, 0.1) is 12.2 Å². The molecule has 1 aliphatic heterocycles. The van der Waals surface area contributed by atoms with Crippen LogP contribution in [-0.2, 0) is 4.79 Å². The molecule has 0 aromatic heterocycles. The van der Waals surface area contributed by atoms with Gasteiger partial charge in [-0.25, -0.2) is 0 Å². The molecule has 3 nitrogen and oxygen atoms in total. The maximum absolute atomic E-state index is 12.5. The largest absolute Gasteiger partial charge is 0.325 e. The zero-order valence-corrected chi connectivity index (χ0v) is 12.6. The van der Waals surface area contributed by atoms with Gasteiger partial charge in [-0.2, -0.15) is 0 Å². The van der Waals surface area contributed by atoms with Gasteiger partial charge in [-0.15, -0.1) is 0 Å². The average molecular weight is 264 g/mol. The van der Waals surface area contributed by atoms with Crippen LogP contribution in [0, 0.1) is 23.7 Å². The monoisotopic (exact) mass is 264 g/mol. The highest BCUT2D eigenvalue weighted by atomic mass is 16.2. The van der Waals surface area contributed by atoms with Gasteiger partial charge in [0.1, 0.15) is 0 Å². The molecule has 2 aliphatic carbocycles. The first-order chi connectivity index (χ1) is 9.11. The van der Waals surface area contributed by atoms with E-state index < -0.39 is 0 Å². The van der Waals surface area contributed by atoms with E-state index in [1.807, 2.05) is 0 Å². The van der Waals surface area contributed by atoms with Crippen LogP contribution in [0.3, 0.4) is 0 Å². The Balaban J connectivity index is 1.70. The van der Waals surface area contributed by atoms with E-state index in [1.165, 1.54) is 25.7 Å². The molecule has 0 aromatic rings. The highest BCUT2D eigenvalue weighted by Gasteiger charge is 2.46. The minimum Gasteiger partial charge on any atom is -0.325 e. The third-order valence-corrected chi connectivity index (χ3v) is 5.19. The predicted octanol–water partition coefficient (Wildman–Crippen LogP) is 2.62. The quantitative estimate of drug-likeness (QED) is 0.800. The molecule has 1 N–H and O–H groups in total. The number of hydrogen-bond donors (Lipinski definition) is 1. The number of rotatable bonds is 6. The van der Waals surface area contributed by atoms with Crippen LogP contribution >= 0.6 is 0 Å². The normalized spacial score (nSPS) is 31.8. The molecular formula is C16H28N2O. The van der Waals surface area contributed by atoms with Crippen molar-refractivity contribution in [3.05, 3.63) is 0 Å². The number of amides is 1. The van der Waals surface area contributed by atoms with Crippen LogP contribution in [0.5, 0.6) is 0 Å². The Labute approximate surface area is 117 Å². The van der Waals surface area contributed by atoms with Crippen molar-refractivity contribution in [1.82, 2.24) is 10.2 Å². The van der Waals surface area contributed by atoms with E-state index in [1.54, 1.807) is 0 Å². The Hall–Kier alpha value is -0.570. The maximum atomic E-state index is 12.5. The molecular weight excluding hydrogens is 236 g/mol. The third-order valence-electron chi connectivity index (χ3n) is 5.19. The van der Waals surface area contributed by atoms with Gasteiger partial charge in [0, 0.05) is 6.54 Å². The lowest BCUT2D eigenvalue weighted by atomic mass is 9.96. The number of carbonyl (C=O) groups excluding carboxylic acids is 1. The molecule has 1 amide bonds. The number of hydrogen-bond acceptors (Lipinski definition) is 2. The second-order valence-corrected chi connectivity index (χ2v) is 7.15. The van der Waals surface area contributed by atoms with E-state index >= 15 is 0 Å². The fourth-order valence-corrected chi connectivity index (χ4v) is 3.71. The summed E-state index contributed by atoms with van der Waals surface area (Å²) in [6.45, 7) is 7.56. The lowest BCUT2D eigenvalue weighted by Crippen LogP contribution is -2.44. The molecule has 3 heteroatoms. The average Bonchev–Trinajstić information content (AvgIpc) is 3.25. The van der Waals surface area contributed by atoms with Gasteiger partial charge in [-0.1, -0.05) is 20.8 Å². The lowest BCUT2D eigenvalue weighted by molar-refractivity contribution is -0.131. The Morgan fingerprint density at radius 1 is 1.21 bits per heavy atom. The summed E-state index contributed by atoms with van der Waals surface area (Å²) < 4.78 is 0. The molecule has 1 saturated heterocycles. The van der Waals surface area contributed by atoms with Crippen molar-refractivity contribution in [2.75, 3.05) is 6.54 Å². The standard InChI is InChI=1S/C16H28N2O/c1-4-14-16(19)18(15(17-14)10(2)3)9-13(11-5-6-11)12-7-8-12/h10-15,17H,4-9H2,1-3H3. The van der Waals surface area contributed by atoms with Crippen molar-refractivity contribution in [3.63, 3.8) is 0 Å². The topological polar surface area (TPSA) is 32.3 Å². The second kappa shape index (κ2) is 5.08. The van der Waals surface area contributed by atoms with Gasteiger partial charge in [0.15, 0.2) is 0 Å². The summed E-state index contributed by atoms with van der Waals surface area (Å²) in [6, 6.07) is 0.0615. The molecule has 0 spiro atoms. The van der Waals surface area contributed by atoms with Crippen molar-refractivity contribution in [2.45, 2.75) is 65.1 Å². The Morgan fingerprint density at radius 3 is 2.21 bits per heavy atom. The van der Waals surface area contributed by atoms with Crippen molar-refractivity contribution >= 4 is 5.91 Å². The van der Waals surface area contributed by atoms with E-state index in [-0.39, 0.29) is 12.2 Å². The molecule has 0 radical (unpaired) electrons. The van der Waals surface area contributed by atoms with E-state index in [4.69, 9.17) is 0 Å². The maximum Gasteiger partial charge on any atom is 0.241 e. The van der Waals surface area contributed by atoms with Crippen molar-refractivity contribution < 1.29 is 4.79 Å². The zero-order valence-electron chi connectivity index (χ0n) is 12.6. The number of nitrogens with zero attached hydrogens (tertiary/aromatic N) is 1. The summed E-state index contributed by atoms with van der Waals surface area (Å²) >= 11 is 0. The lowest BCUT2D eigenvalue weighted by Gasteiger charge is -2.31. The molecule has 2 unspecified atom stereocenters.